The van der Waals surface area contributed by atoms with Crippen molar-refractivity contribution >= 4 is 23.3 Å². The Balaban J connectivity index is 2.07. The smallest absolute Gasteiger partial charge is 0.230 e. The first-order chi connectivity index (χ1) is 9.97. The van der Waals surface area contributed by atoms with Crippen molar-refractivity contribution in [2.75, 3.05) is 5.32 Å². The van der Waals surface area contributed by atoms with Crippen molar-refractivity contribution in [3.8, 4) is 0 Å². The second-order valence-corrected chi connectivity index (χ2v) is 5.62. The van der Waals surface area contributed by atoms with Crippen LogP contribution >= 0.6 is 11.6 Å². The summed E-state index contributed by atoms with van der Waals surface area (Å²) >= 11 is 5.92. The van der Waals surface area contributed by atoms with Crippen LogP contribution in [0.5, 0.6) is 0 Å². The van der Waals surface area contributed by atoms with E-state index in [1.165, 1.54) is 12.1 Å². The highest BCUT2D eigenvalue weighted by molar-refractivity contribution is 6.31. The van der Waals surface area contributed by atoms with E-state index < -0.39 is 5.82 Å². The zero-order valence-electron chi connectivity index (χ0n) is 11.9. The largest absolute Gasteiger partial charge is 0.311 e. The molecule has 0 aliphatic rings. The van der Waals surface area contributed by atoms with Gasteiger partial charge in [-0.3, -0.25) is 4.79 Å². The predicted molar refractivity (Wildman–Crippen MR) is 80.8 cm³/mol. The minimum Gasteiger partial charge on any atom is -0.311 e. The summed E-state index contributed by atoms with van der Waals surface area (Å²) in [5.41, 5.74) is 0.201. The molecule has 4 nitrogen and oxygen atoms in total. The highest BCUT2D eigenvalue weighted by Gasteiger charge is 2.14. The minimum absolute atomic E-state index is 0.113. The van der Waals surface area contributed by atoms with Gasteiger partial charge in [0.15, 0.2) is 0 Å². The lowest BCUT2D eigenvalue weighted by Gasteiger charge is -2.11. The normalized spacial score (nSPS) is 10.9. The summed E-state index contributed by atoms with van der Waals surface area (Å²) in [6, 6.07) is 6.08. The van der Waals surface area contributed by atoms with Crippen molar-refractivity contribution in [3.63, 3.8) is 0 Å². The van der Waals surface area contributed by atoms with Crippen LogP contribution in [0.2, 0.25) is 5.02 Å². The summed E-state index contributed by atoms with van der Waals surface area (Å²) in [5, 5.41) is 7.14. The average molecular weight is 310 g/mol. The fraction of sp³-hybridized carbons (Fsp3) is 0.333. The van der Waals surface area contributed by atoms with Gasteiger partial charge in [0.1, 0.15) is 11.6 Å². The Morgan fingerprint density at radius 1 is 1.43 bits per heavy atom. The van der Waals surface area contributed by atoms with Crippen molar-refractivity contribution in [3.05, 3.63) is 46.9 Å². The van der Waals surface area contributed by atoms with Gasteiger partial charge in [-0.25, -0.2) is 9.07 Å². The number of nitrogens with zero attached hydrogens (tertiary/aromatic N) is 2. The number of rotatable bonds is 5. The molecule has 0 aliphatic carbocycles. The van der Waals surface area contributed by atoms with Crippen molar-refractivity contribution in [2.24, 2.45) is 5.92 Å². The van der Waals surface area contributed by atoms with E-state index in [-0.39, 0.29) is 22.9 Å². The number of nitrogens with one attached hydrogen (secondary N) is 1. The minimum atomic E-state index is -0.478. The Bertz CT molecular complexity index is 619. The van der Waals surface area contributed by atoms with Gasteiger partial charge >= 0.3 is 0 Å². The number of amides is 1. The molecular formula is C15H17ClFN3O. The highest BCUT2D eigenvalue weighted by atomic mass is 35.5. The molecule has 1 aromatic carbocycles. The van der Waals surface area contributed by atoms with Gasteiger partial charge in [0, 0.05) is 23.2 Å². The van der Waals surface area contributed by atoms with E-state index in [1.807, 2.05) is 0 Å². The van der Waals surface area contributed by atoms with Gasteiger partial charge in [-0.05, 0) is 18.1 Å². The number of anilines is 1. The Morgan fingerprint density at radius 2 is 2.19 bits per heavy atom. The molecule has 0 atom stereocenters. The van der Waals surface area contributed by atoms with Crippen LogP contribution in [0.4, 0.5) is 10.2 Å². The summed E-state index contributed by atoms with van der Waals surface area (Å²) < 4.78 is 15.4. The van der Waals surface area contributed by atoms with E-state index in [4.69, 9.17) is 11.6 Å². The lowest BCUT2D eigenvalue weighted by Crippen LogP contribution is -2.19. The Labute approximate surface area is 127 Å². The number of benzene rings is 1. The number of carbonyl (C=O) groups is 1. The molecule has 0 radical (unpaired) electrons. The van der Waals surface area contributed by atoms with Crippen molar-refractivity contribution in [1.82, 2.24) is 9.78 Å². The molecule has 0 saturated carbocycles. The Kier molecular flexibility index (Phi) is 4.96. The first-order valence-electron chi connectivity index (χ1n) is 6.72. The molecule has 1 heterocycles. The van der Waals surface area contributed by atoms with Gasteiger partial charge in [0.05, 0.1) is 12.6 Å². The summed E-state index contributed by atoms with van der Waals surface area (Å²) in [5.74, 6) is 0.198. The average Bonchev–Trinajstić information content (AvgIpc) is 2.80. The van der Waals surface area contributed by atoms with Crippen LogP contribution in [0.25, 0.3) is 0 Å². The van der Waals surface area contributed by atoms with Gasteiger partial charge in [0.2, 0.25) is 5.91 Å². The van der Waals surface area contributed by atoms with E-state index >= 15 is 0 Å². The Morgan fingerprint density at radius 3 is 2.86 bits per heavy atom. The van der Waals surface area contributed by atoms with Crippen molar-refractivity contribution < 1.29 is 9.18 Å². The third-order valence-electron chi connectivity index (χ3n) is 2.92. The molecule has 1 amide bonds. The van der Waals surface area contributed by atoms with Crippen LogP contribution in [0, 0.1) is 11.7 Å². The summed E-state index contributed by atoms with van der Waals surface area (Å²) in [4.78, 5) is 12.0. The van der Waals surface area contributed by atoms with Crippen LogP contribution in [0.1, 0.15) is 19.4 Å². The molecule has 1 N–H and O–H groups in total. The van der Waals surface area contributed by atoms with E-state index in [0.29, 0.717) is 18.3 Å². The molecule has 0 aliphatic heterocycles. The molecule has 0 unspecified atom stereocenters. The molecule has 0 spiro atoms. The first kappa shape index (κ1) is 15.5. The monoisotopic (exact) mass is 309 g/mol. The van der Waals surface area contributed by atoms with Gasteiger partial charge < -0.3 is 5.32 Å². The van der Waals surface area contributed by atoms with Gasteiger partial charge in [-0.15, -0.1) is 0 Å². The van der Waals surface area contributed by atoms with Crippen molar-refractivity contribution in [1.29, 1.82) is 0 Å². The fourth-order valence-electron chi connectivity index (χ4n) is 1.98. The second kappa shape index (κ2) is 6.72. The lowest BCUT2D eigenvalue weighted by atomic mass is 10.1. The zero-order chi connectivity index (χ0) is 15.4. The van der Waals surface area contributed by atoms with Crippen LogP contribution in [0.15, 0.2) is 30.5 Å². The highest BCUT2D eigenvalue weighted by Crippen LogP contribution is 2.20. The lowest BCUT2D eigenvalue weighted by molar-refractivity contribution is -0.115. The molecule has 1 aromatic heterocycles. The number of carbonyl (C=O) groups excluding carboxylic acids is 1. The summed E-state index contributed by atoms with van der Waals surface area (Å²) in [6.07, 6.45) is 1.51. The van der Waals surface area contributed by atoms with E-state index in [1.54, 1.807) is 23.0 Å². The summed E-state index contributed by atoms with van der Waals surface area (Å²) in [7, 11) is 0. The molecule has 21 heavy (non-hydrogen) atoms. The van der Waals surface area contributed by atoms with Crippen molar-refractivity contribution in [2.45, 2.75) is 26.8 Å². The standard InChI is InChI=1S/C15H17ClFN3O/c1-10(2)9-20-14(6-7-18-20)19-15(21)8-11-12(16)4-3-5-13(11)17/h3-7,10H,8-9H2,1-2H3,(H,19,21). The molecule has 0 saturated heterocycles. The first-order valence-corrected chi connectivity index (χ1v) is 7.09. The predicted octanol–water partition coefficient (Wildman–Crippen LogP) is 3.51. The number of hydrogen-bond donors (Lipinski definition) is 1. The SMILES string of the molecule is CC(C)Cn1nccc1NC(=O)Cc1c(F)cccc1Cl. The molecular weight excluding hydrogens is 293 g/mol. The van der Waals surface area contributed by atoms with E-state index in [2.05, 4.69) is 24.3 Å². The quantitative estimate of drug-likeness (QED) is 0.918. The molecule has 0 fully saturated rings. The number of hydrogen-bond acceptors (Lipinski definition) is 2. The summed E-state index contributed by atoms with van der Waals surface area (Å²) in [6.45, 7) is 4.82. The maximum atomic E-state index is 13.7. The third-order valence-corrected chi connectivity index (χ3v) is 3.28. The third kappa shape index (κ3) is 4.04. The van der Waals surface area contributed by atoms with Crippen LogP contribution < -0.4 is 5.32 Å². The maximum absolute atomic E-state index is 13.7. The Hall–Kier alpha value is -1.88. The molecule has 6 heteroatoms. The van der Waals surface area contributed by atoms with Crippen LogP contribution in [-0.4, -0.2) is 15.7 Å². The number of halogens is 2. The molecule has 0 bridgehead atoms. The van der Waals surface area contributed by atoms with Crippen LogP contribution in [-0.2, 0) is 17.8 Å². The number of aromatic nitrogens is 2. The second-order valence-electron chi connectivity index (χ2n) is 5.22. The zero-order valence-corrected chi connectivity index (χ0v) is 12.7. The van der Waals surface area contributed by atoms with E-state index in [0.717, 1.165) is 0 Å². The topological polar surface area (TPSA) is 46.9 Å². The van der Waals surface area contributed by atoms with E-state index in [9.17, 15) is 9.18 Å². The van der Waals surface area contributed by atoms with Gasteiger partial charge in [-0.1, -0.05) is 31.5 Å². The molecule has 112 valence electrons. The molecule has 2 aromatic rings. The van der Waals surface area contributed by atoms with Gasteiger partial charge in [-0.2, -0.15) is 5.10 Å². The fourth-order valence-corrected chi connectivity index (χ4v) is 2.21. The molecule has 2 rings (SSSR count). The van der Waals surface area contributed by atoms with Crippen LogP contribution in [0.3, 0.4) is 0 Å². The maximum Gasteiger partial charge on any atom is 0.230 e. The van der Waals surface area contributed by atoms with Gasteiger partial charge in [0.25, 0.3) is 0 Å².